The van der Waals surface area contributed by atoms with E-state index < -0.39 is 0 Å². The average Bonchev–Trinajstić information content (AvgIpc) is 3.23. The van der Waals surface area contributed by atoms with Crippen LogP contribution in [0.25, 0.3) is 0 Å². The number of rotatable bonds is 7. The Balaban J connectivity index is 1.94. The molecule has 0 aliphatic heterocycles. The predicted octanol–water partition coefficient (Wildman–Crippen LogP) is 2.72. The molecule has 0 radical (unpaired) electrons. The van der Waals surface area contributed by atoms with E-state index in [4.69, 9.17) is 5.73 Å². The Kier molecular flexibility index (Phi) is 4.58. The molecule has 2 nitrogen and oxygen atoms in total. The lowest BCUT2D eigenvalue weighted by atomic mass is 9.91. The summed E-state index contributed by atoms with van der Waals surface area (Å²) in [6, 6.07) is 6.96. The third-order valence-corrected chi connectivity index (χ3v) is 4.27. The van der Waals surface area contributed by atoms with Crippen LogP contribution in [0.5, 0.6) is 0 Å². The van der Waals surface area contributed by atoms with E-state index in [2.05, 4.69) is 19.2 Å². The fraction of sp³-hybridized carbons (Fsp3) is 0.625. The van der Waals surface area contributed by atoms with Crippen LogP contribution in [0.4, 0.5) is 4.39 Å². The summed E-state index contributed by atoms with van der Waals surface area (Å²) in [4.78, 5) is 0. The van der Waals surface area contributed by atoms with Crippen molar-refractivity contribution in [2.45, 2.75) is 38.6 Å². The third kappa shape index (κ3) is 4.02. The first-order valence-corrected chi connectivity index (χ1v) is 7.22. The molecule has 3 N–H and O–H groups in total. The highest BCUT2D eigenvalue weighted by Crippen LogP contribution is 2.36. The molecule has 0 bridgehead atoms. The Morgan fingerprint density at radius 1 is 1.42 bits per heavy atom. The van der Waals surface area contributed by atoms with Crippen molar-refractivity contribution in [1.82, 2.24) is 5.32 Å². The molecule has 0 aromatic heterocycles. The standard InChI is InChI=1S/C16H25FN2/c1-12(13-7-8-13)10-19-16(2,11-18)9-14-5-3-4-6-15(14)17/h3-6,12-13,19H,7-11,18H2,1-2H3. The van der Waals surface area contributed by atoms with Gasteiger partial charge in [-0.1, -0.05) is 25.1 Å². The van der Waals surface area contributed by atoms with Crippen molar-refractivity contribution in [3.8, 4) is 0 Å². The second-order valence-corrected chi connectivity index (χ2v) is 6.23. The van der Waals surface area contributed by atoms with Gasteiger partial charge in [-0.25, -0.2) is 4.39 Å². The molecule has 1 aliphatic rings. The monoisotopic (exact) mass is 264 g/mol. The minimum absolute atomic E-state index is 0.140. The van der Waals surface area contributed by atoms with Crippen molar-refractivity contribution < 1.29 is 4.39 Å². The van der Waals surface area contributed by atoms with Gasteiger partial charge in [-0.3, -0.25) is 0 Å². The summed E-state index contributed by atoms with van der Waals surface area (Å²) in [6.07, 6.45) is 3.35. The zero-order valence-electron chi connectivity index (χ0n) is 12.0. The van der Waals surface area contributed by atoms with E-state index in [1.54, 1.807) is 6.07 Å². The number of hydrogen-bond acceptors (Lipinski definition) is 2. The van der Waals surface area contributed by atoms with Gasteiger partial charge < -0.3 is 11.1 Å². The summed E-state index contributed by atoms with van der Waals surface area (Å²) < 4.78 is 13.7. The van der Waals surface area contributed by atoms with Crippen molar-refractivity contribution >= 4 is 0 Å². The molecule has 0 spiro atoms. The van der Waals surface area contributed by atoms with Gasteiger partial charge in [-0.2, -0.15) is 0 Å². The van der Waals surface area contributed by atoms with Gasteiger partial charge in [0, 0.05) is 12.1 Å². The van der Waals surface area contributed by atoms with Crippen LogP contribution in [-0.4, -0.2) is 18.6 Å². The topological polar surface area (TPSA) is 38.0 Å². The molecule has 106 valence electrons. The summed E-state index contributed by atoms with van der Waals surface area (Å²) in [6.45, 7) is 5.84. The molecule has 1 aliphatic carbocycles. The van der Waals surface area contributed by atoms with Crippen LogP contribution in [0.2, 0.25) is 0 Å². The summed E-state index contributed by atoms with van der Waals surface area (Å²) in [7, 11) is 0. The number of benzene rings is 1. The molecule has 0 saturated heterocycles. The average molecular weight is 264 g/mol. The predicted molar refractivity (Wildman–Crippen MR) is 77.5 cm³/mol. The fourth-order valence-electron chi connectivity index (χ4n) is 2.51. The highest BCUT2D eigenvalue weighted by Gasteiger charge is 2.30. The van der Waals surface area contributed by atoms with Gasteiger partial charge in [0.05, 0.1) is 0 Å². The summed E-state index contributed by atoms with van der Waals surface area (Å²) in [5, 5.41) is 3.55. The summed E-state index contributed by atoms with van der Waals surface area (Å²) in [5.74, 6) is 1.42. The Hall–Kier alpha value is -0.930. The maximum atomic E-state index is 13.7. The van der Waals surface area contributed by atoms with Crippen LogP contribution < -0.4 is 11.1 Å². The first-order valence-electron chi connectivity index (χ1n) is 7.22. The number of nitrogens with one attached hydrogen (secondary N) is 1. The van der Waals surface area contributed by atoms with Crippen molar-refractivity contribution in [3.05, 3.63) is 35.6 Å². The van der Waals surface area contributed by atoms with Gasteiger partial charge in [0.15, 0.2) is 0 Å². The Morgan fingerprint density at radius 3 is 2.68 bits per heavy atom. The van der Waals surface area contributed by atoms with Crippen LogP contribution in [0, 0.1) is 17.7 Å². The number of halogens is 1. The maximum absolute atomic E-state index is 13.7. The molecule has 1 aromatic carbocycles. The van der Waals surface area contributed by atoms with Crippen molar-refractivity contribution in [2.75, 3.05) is 13.1 Å². The first kappa shape index (κ1) is 14.5. The molecule has 19 heavy (non-hydrogen) atoms. The zero-order chi connectivity index (χ0) is 13.9. The Morgan fingerprint density at radius 2 is 2.11 bits per heavy atom. The Bertz CT molecular complexity index is 417. The molecule has 2 atom stereocenters. The third-order valence-electron chi connectivity index (χ3n) is 4.27. The second kappa shape index (κ2) is 6.02. The molecule has 1 saturated carbocycles. The molecule has 1 fully saturated rings. The summed E-state index contributed by atoms with van der Waals surface area (Å²) >= 11 is 0. The van der Waals surface area contributed by atoms with E-state index in [-0.39, 0.29) is 11.4 Å². The van der Waals surface area contributed by atoms with Gasteiger partial charge in [-0.05, 0) is 56.2 Å². The van der Waals surface area contributed by atoms with Gasteiger partial charge in [0.1, 0.15) is 5.82 Å². The number of nitrogens with two attached hydrogens (primary N) is 1. The van der Waals surface area contributed by atoms with E-state index in [9.17, 15) is 4.39 Å². The lowest BCUT2D eigenvalue weighted by molar-refractivity contribution is 0.319. The van der Waals surface area contributed by atoms with Crippen molar-refractivity contribution in [1.29, 1.82) is 0 Å². The molecule has 0 amide bonds. The molecule has 0 heterocycles. The largest absolute Gasteiger partial charge is 0.329 e. The summed E-state index contributed by atoms with van der Waals surface area (Å²) in [5.41, 5.74) is 6.41. The lowest BCUT2D eigenvalue weighted by Crippen LogP contribution is -2.52. The number of hydrogen-bond donors (Lipinski definition) is 2. The van der Waals surface area contributed by atoms with Gasteiger partial charge in [-0.15, -0.1) is 0 Å². The van der Waals surface area contributed by atoms with E-state index in [1.165, 1.54) is 18.9 Å². The van der Waals surface area contributed by atoms with Crippen molar-refractivity contribution in [3.63, 3.8) is 0 Å². The highest BCUT2D eigenvalue weighted by atomic mass is 19.1. The van der Waals surface area contributed by atoms with Gasteiger partial charge in [0.2, 0.25) is 0 Å². The molecule has 3 heteroatoms. The molecule has 2 rings (SSSR count). The van der Waals surface area contributed by atoms with Crippen LogP contribution in [0.15, 0.2) is 24.3 Å². The quantitative estimate of drug-likeness (QED) is 0.794. The van der Waals surface area contributed by atoms with E-state index in [0.717, 1.165) is 18.0 Å². The molecule has 2 unspecified atom stereocenters. The van der Waals surface area contributed by atoms with Crippen LogP contribution in [-0.2, 0) is 6.42 Å². The highest BCUT2D eigenvalue weighted by molar-refractivity contribution is 5.20. The second-order valence-electron chi connectivity index (χ2n) is 6.23. The van der Waals surface area contributed by atoms with Crippen LogP contribution in [0.3, 0.4) is 0 Å². The molecule has 1 aromatic rings. The van der Waals surface area contributed by atoms with E-state index in [1.807, 2.05) is 12.1 Å². The van der Waals surface area contributed by atoms with Gasteiger partial charge in [0.25, 0.3) is 0 Å². The van der Waals surface area contributed by atoms with Crippen LogP contribution in [0.1, 0.15) is 32.3 Å². The minimum Gasteiger partial charge on any atom is -0.329 e. The van der Waals surface area contributed by atoms with Crippen molar-refractivity contribution in [2.24, 2.45) is 17.6 Å². The Labute approximate surface area is 115 Å². The SMILES string of the molecule is CC(CNC(C)(CN)Cc1ccccc1F)C1CC1. The fourth-order valence-corrected chi connectivity index (χ4v) is 2.51. The minimum atomic E-state index is -0.231. The maximum Gasteiger partial charge on any atom is 0.126 e. The van der Waals surface area contributed by atoms with Gasteiger partial charge >= 0.3 is 0 Å². The lowest BCUT2D eigenvalue weighted by Gasteiger charge is -2.31. The van der Waals surface area contributed by atoms with Crippen LogP contribution >= 0.6 is 0 Å². The van der Waals surface area contributed by atoms with E-state index >= 15 is 0 Å². The molecular formula is C16H25FN2. The first-order chi connectivity index (χ1) is 9.04. The van der Waals surface area contributed by atoms with E-state index in [0.29, 0.717) is 18.9 Å². The smallest absolute Gasteiger partial charge is 0.126 e. The zero-order valence-corrected chi connectivity index (χ0v) is 12.0. The molecular weight excluding hydrogens is 239 g/mol. The normalized spacial score (nSPS) is 20.0.